The lowest BCUT2D eigenvalue weighted by molar-refractivity contribution is 0.0797. The lowest BCUT2D eigenvalue weighted by atomic mass is 10.2. The Balaban J connectivity index is 1.90. The Morgan fingerprint density at radius 2 is 2.10 bits per heavy atom. The van der Waals surface area contributed by atoms with E-state index in [0.717, 1.165) is 46.9 Å². The zero-order valence-corrected chi connectivity index (χ0v) is 12.8. The van der Waals surface area contributed by atoms with Crippen LogP contribution < -0.4 is 0 Å². The molecule has 0 N–H and O–H groups in total. The topological polar surface area (TPSA) is 33.2 Å². The maximum Gasteiger partial charge on any atom is 0.264 e. The molecule has 0 aromatic carbocycles. The van der Waals surface area contributed by atoms with Crippen molar-refractivity contribution in [2.45, 2.75) is 19.8 Å². The fraction of sp³-hybridized carbons (Fsp3) is 0.333. The van der Waals surface area contributed by atoms with Gasteiger partial charge in [-0.1, -0.05) is 11.6 Å². The van der Waals surface area contributed by atoms with E-state index in [2.05, 4.69) is 4.98 Å². The molecule has 3 heterocycles. The van der Waals surface area contributed by atoms with Crippen molar-refractivity contribution >= 4 is 28.8 Å². The molecule has 104 valence electrons. The predicted molar refractivity (Wildman–Crippen MR) is 82.4 cm³/mol. The highest BCUT2D eigenvalue weighted by atomic mass is 35.5. The van der Waals surface area contributed by atoms with E-state index in [1.54, 1.807) is 6.20 Å². The number of amides is 1. The van der Waals surface area contributed by atoms with Gasteiger partial charge in [0.05, 0.1) is 20.5 Å². The smallest absolute Gasteiger partial charge is 0.264 e. The van der Waals surface area contributed by atoms with Crippen LogP contribution in [0.2, 0.25) is 5.02 Å². The van der Waals surface area contributed by atoms with Gasteiger partial charge >= 0.3 is 0 Å². The number of aryl methyl sites for hydroxylation is 1. The third-order valence-electron chi connectivity index (χ3n) is 3.49. The Hall–Kier alpha value is -1.39. The summed E-state index contributed by atoms with van der Waals surface area (Å²) in [6.07, 6.45) is 3.86. The largest absolute Gasteiger partial charge is 0.338 e. The number of carbonyl (C=O) groups is 1. The minimum absolute atomic E-state index is 0.158. The first-order chi connectivity index (χ1) is 9.65. The standard InChI is InChI=1S/C15H15ClN2OS/c1-10-8-13(12-5-4-11(16)9-17-12)20-14(10)15(19)18-6-2-3-7-18/h4-5,8-9H,2-3,6-7H2,1H3. The molecule has 5 heteroatoms. The first-order valence-electron chi connectivity index (χ1n) is 6.67. The number of halogens is 1. The molecule has 3 rings (SSSR count). The molecule has 1 amide bonds. The van der Waals surface area contributed by atoms with Gasteiger partial charge in [0, 0.05) is 19.3 Å². The molecule has 1 fully saturated rings. The van der Waals surface area contributed by atoms with Crippen LogP contribution in [0.25, 0.3) is 10.6 Å². The van der Waals surface area contributed by atoms with Gasteiger partial charge < -0.3 is 4.90 Å². The summed E-state index contributed by atoms with van der Waals surface area (Å²) in [5, 5.41) is 0.621. The summed E-state index contributed by atoms with van der Waals surface area (Å²) in [6, 6.07) is 5.74. The Labute approximate surface area is 127 Å². The predicted octanol–water partition coefficient (Wildman–Crippen LogP) is 4.01. The summed E-state index contributed by atoms with van der Waals surface area (Å²) in [4.78, 5) is 20.6. The van der Waals surface area contributed by atoms with E-state index in [4.69, 9.17) is 11.6 Å². The van der Waals surface area contributed by atoms with E-state index < -0.39 is 0 Å². The van der Waals surface area contributed by atoms with Gasteiger partial charge in [0.1, 0.15) is 0 Å². The van der Waals surface area contributed by atoms with Crippen LogP contribution in [-0.2, 0) is 0 Å². The third kappa shape index (κ3) is 2.58. The van der Waals surface area contributed by atoms with Crippen molar-refractivity contribution in [3.63, 3.8) is 0 Å². The maximum atomic E-state index is 12.5. The highest BCUT2D eigenvalue weighted by Crippen LogP contribution is 2.31. The molecule has 2 aromatic rings. The number of nitrogens with zero attached hydrogens (tertiary/aromatic N) is 2. The van der Waals surface area contributed by atoms with Crippen molar-refractivity contribution in [1.29, 1.82) is 0 Å². The molecule has 1 aliphatic rings. The van der Waals surface area contributed by atoms with Crippen molar-refractivity contribution in [2.24, 2.45) is 0 Å². The average molecular weight is 307 g/mol. The van der Waals surface area contributed by atoms with E-state index in [1.807, 2.05) is 30.0 Å². The summed E-state index contributed by atoms with van der Waals surface area (Å²) < 4.78 is 0. The van der Waals surface area contributed by atoms with Crippen LogP contribution in [0.3, 0.4) is 0 Å². The van der Waals surface area contributed by atoms with Gasteiger partial charge in [-0.2, -0.15) is 0 Å². The number of rotatable bonds is 2. The number of thiophene rings is 1. The SMILES string of the molecule is Cc1cc(-c2ccc(Cl)cn2)sc1C(=O)N1CCCC1. The molecule has 20 heavy (non-hydrogen) atoms. The fourth-order valence-corrected chi connectivity index (χ4v) is 3.64. The van der Waals surface area contributed by atoms with E-state index in [-0.39, 0.29) is 5.91 Å². The lowest BCUT2D eigenvalue weighted by Crippen LogP contribution is -2.27. The minimum atomic E-state index is 0.158. The molecule has 1 aliphatic heterocycles. The molecular formula is C15H15ClN2OS. The molecule has 0 aliphatic carbocycles. The van der Waals surface area contributed by atoms with Crippen LogP contribution in [0.15, 0.2) is 24.4 Å². The van der Waals surface area contributed by atoms with E-state index in [1.165, 1.54) is 11.3 Å². The molecule has 0 saturated carbocycles. The van der Waals surface area contributed by atoms with E-state index in [9.17, 15) is 4.79 Å². The normalized spacial score (nSPS) is 14.8. The number of hydrogen-bond acceptors (Lipinski definition) is 3. The van der Waals surface area contributed by atoms with Crippen LogP contribution in [-0.4, -0.2) is 28.9 Å². The number of pyridine rings is 1. The minimum Gasteiger partial charge on any atom is -0.338 e. The van der Waals surface area contributed by atoms with Crippen molar-refractivity contribution < 1.29 is 4.79 Å². The highest BCUT2D eigenvalue weighted by molar-refractivity contribution is 7.17. The van der Waals surface area contributed by atoms with Gasteiger partial charge in [-0.3, -0.25) is 9.78 Å². The average Bonchev–Trinajstić information content (AvgIpc) is 3.08. The molecular weight excluding hydrogens is 292 g/mol. The second kappa shape index (κ2) is 5.54. The summed E-state index contributed by atoms with van der Waals surface area (Å²) in [5.41, 5.74) is 1.89. The highest BCUT2D eigenvalue weighted by Gasteiger charge is 2.23. The Morgan fingerprint density at radius 1 is 1.35 bits per heavy atom. The summed E-state index contributed by atoms with van der Waals surface area (Å²) in [6.45, 7) is 3.74. The van der Waals surface area contributed by atoms with Crippen LogP contribution in [0.1, 0.15) is 28.1 Å². The molecule has 2 aromatic heterocycles. The Kier molecular flexibility index (Phi) is 3.76. The van der Waals surface area contributed by atoms with Crippen LogP contribution in [0, 0.1) is 6.92 Å². The molecule has 3 nitrogen and oxygen atoms in total. The van der Waals surface area contributed by atoms with Crippen LogP contribution in [0.5, 0.6) is 0 Å². The van der Waals surface area contributed by atoms with Gasteiger partial charge in [-0.05, 0) is 43.5 Å². The van der Waals surface area contributed by atoms with Crippen molar-refractivity contribution in [1.82, 2.24) is 9.88 Å². The third-order valence-corrected chi connectivity index (χ3v) is 4.96. The second-order valence-electron chi connectivity index (χ2n) is 4.98. The Bertz CT molecular complexity index is 630. The maximum absolute atomic E-state index is 12.5. The summed E-state index contributed by atoms with van der Waals surface area (Å²) in [7, 11) is 0. The molecule has 0 spiro atoms. The van der Waals surface area contributed by atoms with Gasteiger partial charge in [-0.15, -0.1) is 11.3 Å². The van der Waals surface area contributed by atoms with Crippen molar-refractivity contribution in [3.05, 3.63) is 39.9 Å². The van der Waals surface area contributed by atoms with E-state index in [0.29, 0.717) is 5.02 Å². The van der Waals surface area contributed by atoms with Gasteiger partial charge in [0.25, 0.3) is 5.91 Å². The van der Waals surface area contributed by atoms with Gasteiger partial charge in [0.2, 0.25) is 0 Å². The van der Waals surface area contributed by atoms with E-state index >= 15 is 0 Å². The number of hydrogen-bond donors (Lipinski definition) is 0. The molecule has 0 bridgehead atoms. The van der Waals surface area contributed by atoms with Gasteiger partial charge in [-0.25, -0.2) is 0 Å². The number of aromatic nitrogens is 1. The molecule has 1 saturated heterocycles. The number of likely N-dealkylation sites (tertiary alicyclic amines) is 1. The summed E-state index contributed by atoms with van der Waals surface area (Å²) in [5.74, 6) is 0.158. The second-order valence-corrected chi connectivity index (χ2v) is 6.47. The van der Waals surface area contributed by atoms with Crippen LogP contribution in [0.4, 0.5) is 0 Å². The molecule has 0 unspecified atom stereocenters. The first kappa shape index (κ1) is 13.6. The zero-order valence-electron chi connectivity index (χ0n) is 11.2. The Morgan fingerprint density at radius 3 is 2.75 bits per heavy atom. The number of carbonyl (C=O) groups excluding carboxylic acids is 1. The molecule has 0 atom stereocenters. The monoisotopic (exact) mass is 306 g/mol. The van der Waals surface area contributed by atoms with Crippen LogP contribution >= 0.6 is 22.9 Å². The zero-order chi connectivity index (χ0) is 14.1. The van der Waals surface area contributed by atoms with Crippen molar-refractivity contribution in [2.75, 3.05) is 13.1 Å². The quantitative estimate of drug-likeness (QED) is 0.840. The summed E-state index contributed by atoms with van der Waals surface area (Å²) >= 11 is 7.37. The fourth-order valence-electron chi connectivity index (χ4n) is 2.41. The molecule has 0 radical (unpaired) electrons. The first-order valence-corrected chi connectivity index (χ1v) is 7.86. The van der Waals surface area contributed by atoms with Crippen molar-refractivity contribution in [3.8, 4) is 10.6 Å². The van der Waals surface area contributed by atoms with Gasteiger partial charge in [0.15, 0.2) is 0 Å². The lowest BCUT2D eigenvalue weighted by Gasteiger charge is -2.14.